The lowest BCUT2D eigenvalue weighted by Crippen LogP contribution is -2.43. The average molecular weight is 288 g/mol. The van der Waals surface area contributed by atoms with E-state index in [1.54, 1.807) is 39.2 Å². The normalized spacial score (nSPS) is 11.4. The molecule has 112 valence electrons. The van der Waals surface area contributed by atoms with Crippen molar-refractivity contribution in [2.75, 3.05) is 19.3 Å². The van der Waals surface area contributed by atoms with Gasteiger partial charge in [0.05, 0.1) is 11.0 Å². The van der Waals surface area contributed by atoms with Crippen LogP contribution in [-0.2, 0) is 4.79 Å². The van der Waals surface area contributed by atoms with Crippen molar-refractivity contribution in [3.63, 3.8) is 0 Å². The molecule has 0 spiro atoms. The molecule has 0 radical (unpaired) electrons. The lowest BCUT2D eigenvalue weighted by molar-refractivity contribution is -0.128. The minimum atomic E-state index is -0.671. The van der Waals surface area contributed by atoms with Crippen LogP contribution in [0.4, 0.5) is 5.69 Å². The van der Waals surface area contributed by atoms with Gasteiger partial charge in [0.15, 0.2) is 0 Å². The van der Waals surface area contributed by atoms with Gasteiger partial charge in [0.2, 0.25) is 5.91 Å². The van der Waals surface area contributed by atoms with Gasteiger partial charge in [-0.1, -0.05) is 0 Å². The molecule has 0 atom stereocenters. The van der Waals surface area contributed by atoms with E-state index in [9.17, 15) is 9.59 Å². The van der Waals surface area contributed by atoms with Gasteiger partial charge >= 0.3 is 0 Å². The number of nitrogen functional groups attached to an aromatic ring is 1. The van der Waals surface area contributed by atoms with Crippen LogP contribution in [0, 0.1) is 5.41 Å². The first kappa shape index (κ1) is 14.9. The summed E-state index contributed by atoms with van der Waals surface area (Å²) in [4.78, 5) is 27.0. The van der Waals surface area contributed by atoms with Crippen LogP contribution in [0.15, 0.2) is 24.4 Å². The van der Waals surface area contributed by atoms with Crippen molar-refractivity contribution in [3.8, 4) is 0 Å². The van der Waals surface area contributed by atoms with Crippen LogP contribution in [0.5, 0.6) is 0 Å². The molecule has 21 heavy (non-hydrogen) atoms. The fourth-order valence-corrected chi connectivity index (χ4v) is 2.14. The second kappa shape index (κ2) is 5.47. The molecule has 6 heteroatoms. The Balaban J connectivity index is 2.16. The molecule has 0 aliphatic heterocycles. The van der Waals surface area contributed by atoms with Gasteiger partial charge in [0.25, 0.3) is 5.91 Å². The fourth-order valence-electron chi connectivity index (χ4n) is 2.14. The van der Waals surface area contributed by atoms with Gasteiger partial charge in [-0.2, -0.15) is 0 Å². The molecule has 6 nitrogen and oxygen atoms in total. The van der Waals surface area contributed by atoms with E-state index >= 15 is 0 Å². The maximum Gasteiger partial charge on any atom is 0.253 e. The van der Waals surface area contributed by atoms with Crippen molar-refractivity contribution in [1.29, 1.82) is 0 Å². The molecular weight excluding hydrogens is 268 g/mol. The number of H-pyrrole nitrogens is 1. The van der Waals surface area contributed by atoms with Gasteiger partial charge in [-0.15, -0.1) is 0 Å². The van der Waals surface area contributed by atoms with Crippen LogP contribution in [0.1, 0.15) is 24.2 Å². The quantitative estimate of drug-likeness (QED) is 0.637. The standard InChI is InChI=1S/C15H20N4O2/c1-15(2,14(21)17-3)8-19-13(20)11-7-18-12-5-4-9(16)6-10(11)12/h4-7,18H,8,16H2,1-3H3,(H,17,21)(H,19,20). The number of carbonyl (C=O) groups is 2. The number of nitrogens with one attached hydrogen (secondary N) is 3. The zero-order valence-corrected chi connectivity index (χ0v) is 12.4. The molecule has 1 aromatic heterocycles. The topological polar surface area (TPSA) is 100 Å². The summed E-state index contributed by atoms with van der Waals surface area (Å²) >= 11 is 0. The molecule has 0 bridgehead atoms. The monoisotopic (exact) mass is 288 g/mol. The first-order chi connectivity index (χ1) is 9.85. The number of aromatic nitrogens is 1. The number of hydrogen-bond acceptors (Lipinski definition) is 3. The fraction of sp³-hybridized carbons (Fsp3) is 0.333. The highest BCUT2D eigenvalue weighted by Gasteiger charge is 2.27. The SMILES string of the molecule is CNC(=O)C(C)(C)CNC(=O)c1c[nH]c2ccc(N)cc12. The zero-order chi connectivity index (χ0) is 15.6. The molecule has 1 heterocycles. The van der Waals surface area contributed by atoms with Crippen molar-refractivity contribution < 1.29 is 9.59 Å². The van der Waals surface area contributed by atoms with Crippen molar-refractivity contribution >= 4 is 28.4 Å². The molecule has 0 aliphatic rings. The van der Waals surface area contributed by atoms with E-state index in [2.05, 4.69) is 15.6 Å². The summed E-state index contributed by atoms with van der Waals surface area (Å²) < 4.78 is 0. The summed E-state index contributed by atoms with van der Waals surface area (Å²) in [6.45, 7) is 3.80. The van der Waals surface area contributed by atoms with Crippen LogP contribution in [0.3, 0.4) is 0 Å². The van der Waals surface area contributed by atoms with E-state index in [4.69, 9.17) is 5.73 Å². The maximum atomic E-state index is 12.3. The molecule has 0 saturated carbocycles. The molecule has 2 amide bonds. The molecule has 5 N–H and O–H groups in total. The Kier molecular flexibility index (Phi) is 3.88. The molecule has 0 unspecified atom stereocenters. The summed E-state index contributed by atoms with van der Waals surface area (Å²) in [6.07, 6.45) is 1.65. The van der Waals surface area contributed by atoms with Gasteiger partial charge in [-0.05, 0) is 32.0 Å². The first-order valence-corrected chi connectivity index (χ1v) is 6.72. The zero-order valence-electron chi connectivity index (χ0n) is 12.4. The molecular formula is C15H20N4O2. The summed E-state index contributed by atoms with van der Waals surface area (Å²) in [5.41, 5.74) is 7.05. The van der Waals surface area contributed by atoms with E-state index in [1.165, 1.54) is 0 Å². The maximum absolute atomic E-state index is 12.3. The van der Waals surface area contributed by atoms with Gasteiger partial charge in [0.1, 0.15) is 0 Å². The second-order valence-electron chi connectivity index (χ2n) is 5.65. The number of nitrogens with two attached hydrogens (primary N) is 1. The minimum absolute atomic E-state index is 0.119. The highest BCUT2D eigenvalue weighted by molar-refractivity contribution is 6.07. The number of anilines is 1. The smallest absolute Gasteiger partial charge is 0.253 e. The molecule has 0 saturated heterocycles. The highest BCUT2D eigenvalue weighted by Crippen LogP contribution is 2.21. The Morgan fingerprint density at radius 3 is 2.71 bits per heavy atom. The Hall–Kier alpha value is -2.50. The number of fused-ring (bicyclic) bond motifs is 1. The van der Waals surface area contributed by atoms with Crippen LogP contribution in [0.25, 0.3) is 10.9 Å². The Labute approximate surface area is 123 Å². The van der Waals surface area contributed by atoms with Crippen LogP contribution < -0.4 is 16.4 Å². The predicted octanol–water partition coefficient (Wildman–Crippen LogP) is 1.25. The second-order valence-corrected chi connectivity index (χ2v) is 5.65. The van der Waals surface area contributed by atoms with Crippen molar-refractivity contribution in [2.45, 2.75) is 13.8 Å². The van der Waals surface area contributed by atoms with E-state index in [-0.39, 0.29) is 18.4 Å². The number of hydrogen-bond donors (Lipinski definition) is 4. The highest BCUT2D eigenvalue weighted by atomic mass is 16.2. The van der Waals surface area contributed by atoms with E-state index < -0.39 is 5.41 Å². The molecule has 0 fully saturated rings. The lowest BCUT2D eigenvalue weighted by atomic mass is 9.92. The van der Waals surface area contributed by atoms with E-state index in [0.29, 0.717) is 11.3 Å². The van der Waals surface area contributed by atoms with Crippen molar-refractivity contribution in [3.05, 3.63) is 30.0 Å². The summed E-state index contributed by atoms with van der Waals surface area (Å²) in [6, 6.07) is 5.36. The minimum Gasteiger partial charge on any atom is -0.399 e. The number of aromatic amines is 1. The van der Waals surface area contributed by atoms with E-state index in [0.717, 1.165) is 10.9 Å². The molecule has 2 rings (SSSR count). The van der Waals surface area contributed by atoms with Gasteiger partial charge in [0, 0.05) is 36.4 Å². The summed E-state index contributed by atoms with van der Waals surface area (Å²) in [7, 11) is 1.58. The molecule has 1 aromatic carbocycles. The van der Waals surface area contributed by atoms with Crippen LogP contribution >= 0.6 is 0 Å². The number of benzene rings is 1. The number of amides is 2. The number of carbonyl (C=O) groups excluding carboxylic acids is 2. The molecule has 0 aliphatic carbocycles. The Bertz CT molecular complexity index is 688. The first-order valence-electron chi connectivity index (χ1n) is 6.72. The Morgan fingerprint density at radius 2 is 2.05 bits per heavy atom. The third-order valence-corrected chi connectivity index (χ3v) is 3.48. The summed E-state index contributed by atoms with van der Waals surface area (Å²) in [5.74, 6) is -0.352. The van der Waals surface area contributed by atoms with Crippen molar-refractivity contribution in [2.24, 2.45) is 5.41 Å². The van der Waals surface area contributed by atoms with Crippen LogP contribution in [-0.4, -0.2) is 30.4 Å². The predicted molar refractivity (Wildman–Crippen MR) is 82.9 cm³/mol. The number of rotatable bonds is 4. The largest absolute Gasteiger partial charge is 0.399 e. The Morgan fingerprint density at radius 1 is 1.33 bits per heavy atom. The third kappa shape index (κ3) is 2.99. The lowest BCUT2D eigenvalue weighted by Gasteiger charge is -2.22. The summed E-state index contributed by atoms with van der Waals surface area (Å²) in [5, 5.41) is 6.15. The van der Waals surface area contributed by atoms with E-state index in [1.807, 2.05) is 6.07 Å². The van der Waals surface area contributed by atoms with Crippen molar-refractivity contribution in [1.82, 2.24) is 15.6 Å². The van der Waals surface area contributed by atoms with Gasteiger partial charge < -0.3 is 21.4 Å². The molecule has 2 aromatic rings. The third-order valence-electron chi connectivity index (χ3n) is 3.48. The van der Waals surface area contributed by atoms with Crippen LogP contribution in [0.2, 0.25) is 0 Å². The average Bonchev–Trinajstić information content (AvgIpc) is 2.86. The van der Waals surface area contributed by atoms with Gasteiger partial charge in [-0.25, -0.2) is 0 Å². The van der Waals surface area contributed by atoms with Gasteiger partial charge in [-0.3, -0.25) is 9.59 Å².